The van der Waals surface area contributed by atoms with E-state index in [2.05, 4.69) is 24.0 Å². The van der Waals surface area contributed by atoms with Crippen molar-refractivity contribution in [3.05, 3.63) is 35.9 Å². The Bertz CT molecular complexity index is 648. The molecule has 0 N–H and O–H groups in total. The Balaban J connectivity index is 2.07. The Morgan fingerprint density at radius 3 is 2.65 bits per heavy atom. The van der Waals surface area contributed by atoms with Gasteiger partial charge in [-0.05, 0) is 31.9 Å². The largest absolute Gasteiger partial charge is 0.464 e. The molecule has 1 aromatic carbocycles. The molecular formula is C21H30N2O3. The number of fused-ring (bicyclic) bond motifs is 1. The first-order chi connectivity index (χ1) is 12.6. The van der Waals surface area contributed by atoms with E-state index in [9.17, 15) is 9.59 Å². The van der Waals surface area contributed by atoms with Crippen LogP contribution in [0.5, 0.6) is 0 Å². The molecule has 3 rings (SSSR count). The maximum Gasteiger partial charge on any atom is 0.336 e. The number of nitrogens with zero attached hydrogens (tertiary/aromatic N) is 2. The number of likely N-dealkylation sites (tertiary alicyclic amines) is 2. The molecule has 5 nitrogen and oxygen atoms in total. The number of likely N-dealkylation sites (N-methyl/N-ethyl adjacent to an activating group) is 1. The lowest BCUT2D eigenvalue weighted by Gasteiger charge is -2.45. The normalized spacial score (nSPS) is 28.9. The predicted molar refractivity (Wildman–Crippen MR) is 101 cm³/mol. The van der Waals surface area contributed by atoms with Gasteiger partial charge in [-0.3, -0.25) is 9.69 Å². The highest BCUT2D eigenvalue weighted by Crippen LogP contribution is 2.49. The summed E-state index contributed by atoms with van der Waals surface area (Å²) in [6.07, 6.45) is 2.82. The first-order valence-electron chi connectivity index (χ1n) is 9.80. The predicted octanol–water partition coefficient (Wildman–Crippen LogP) is 2.67. The molecule has 0 spiro atoms. The molecule has 2 heterocycles. The van der Waals surface area contributed by atoms with E-state index < -0.39 is 5.54 Å². The van der Waals surface area contributed by atoms with Crippen LogP contribution in [-0.2, 0) is 14.3 Å². The minimum absolute atomic E-state index is 0.0375. The number of ether oxygens (including phenoxy) is 1. The van der Waals surface area contributed by atoms with Crippen molar-refractivity contribution >= 4 is 11.9 Å². The van der Waals surface area contributed by atoms with Gasteiger partial charge < -0.3 is 9.64 Å². The Labute approximate surface area is 156 Å². The molecule has 2 saturated heterocycles. The first-order valence-corrected chi connectivity index (χ1v) is 9.80. The number of esters is 1. The minimum Gasteiger partial charge on any atom is -0.464 e. The number of amides is 1. The van der Waals surface area contributed by atoms with Gasteiger partial charge in [0.2, 0.25) is 5.54 Å². The number of hydrogen-bond donors (Lipinski definition) is 0. The summed E-state index contributed by atoms with van der Waals surface area (Å²) in [4.78, 5) is 30.4. The third-order valence-corrected chi connectivity index (χ3v) is 5.98. The lowest BCUT2D eigenvalue weighted by atomic mass is 9.72. The van der Waals surface area contributed by atoms with E-state index >= 15 is 0 Å². The van der Waals surface area contributed by atoms with Crippen LogP contribution >= 0.6 is 0 Å². The zero-order valence-electron chi connectivity index (χ0n) is 16.1. The van der Waals surface area contributed by atoms with Crippen molar-refractivity contribution in [1.82, 2.24) is 9.80 Å². The highest BCUT2D eigenvalue weighted by atomic mass is 16.5. The topological polar surface area (TPSA) is 49.9 Å². The van der Waals surface area contributed by atoms with Gasteiger partial charge in [0.25, 0.3) is 5.91 Å². The van der Waals surface area contributed by atoms with Crippen LogP contribution in [0.4, 0.5) is 0 Å². The molecular weight excluding hydrogens is 328 g/mol. The zero-order chi connectivity index (χ0) is 18.7. The van der Waals surface area contributed by atoms with Crippen molar-refractivity contribution in [3.63, 3.8) is 0 Å². The van der Waals surface area contributed by atoms with Crippen molar-refractivity contribution in [3.8, 4) is 0 Å². The molecule has 0 saturated carbocycles. The molecule has 0 aliphatic carbocycles. The number of benzene rings is 1. The van der Waals surface area contributed by atoms with E-state index in [1.807, 2.05) is 18.2 Å². The van der Waals surface area contributed by atoms with E-state index in [4.69, 9.17) is 4.74 Å². The van der Waals surface area contributed by atoms with Crippen molar-refractivity contribution in [2.24, 2.45) is 5.92 Å². The average molecular weight is 358 g/mol. The molecule has 3 atom stereocenters. The second-order valence-electron chi connectivity index (χ2n) is 7.43. The van der Waals surface area contributed by atoms with Crippen LogP contribution in [-0.4, -0.2) is 60.5 Å². The molecule has 2 fully saturated rings. The lowest BCUT2D eigenvalue weighted by molar-refractivity contribution is -0.172. The van der Waals surface area contributed by atoms with Crippen molar-refractivity contribution in [1.29, 1.82) is 0 Å². The number of rotatable bonds is 6. The summed E-state index contributed by atoms with van der Waals surface area (Å²) in [7, 11) is 1.80. The molecule has 0 unspecified atom stereocenters. The van der Waals surface area contributed by atoms with Crippen molar-refractivity contribution in [2.75, 3.05) is 33.3 Å². The molecule has 2 aliphatic heterocycles. The molecule has 1 amide bonds. The third kappa shape index (κ3) is 2.92. The summed E-state index contributed by atoms with van der Waals surface area (Å²) in [5, 5.41) is 0. The third-order valence-electron chi connectivity index (χ3n) is 5.98. The van der Waals surface area contributed by atoms with Crippen LogP contribution in [0, 0.1) is 5.92 Å². The van der Waals surface area contributed by atoms with E-state index in [1.54, 1.807) is 18.9 Å². The van der Waals surface area contributed by atoms with E-state index in [0.717, 1.165) is 32.4 Å². The summed E-state index contributed by atoms with van der Waals surface area (Å²) >= 11 is 0. The van der Waals surface area contributed by atoms with Gasteiger partial charge in [-0.15, -0.1) is 0 Å². The average Bonchev–Trinajstić information content (AvgIpc) is 3.00. The number of carbonyl (C=O) groups excluding carboxylic acids is 2. The quantitative estimate of drug-likeness (QED) is 0.579. The molecule has 5 heteroatoms. The summed E-state index contributed by atoms with van der Waals surface area (Å²) in [5.74, 6) is -0.322. The smallest absolute Gasteiger partial charge is 0.336 e. The molecule has 0 radical (unpaired) electrons. The molecule has 0 bridgehead atoms. The number of piperidine rings is 1. The lowest BCUT2D eigenvalue weighted by Crippen LogP contribution is -2.67. The highest BCUT2D eigenvalue weighted by molar-refractivity contribution is 6.09. The molecule has 142 valence electrons. The molecule has 1 aromatic rings. The molecule has 0 aromatic heterocycles. The number of unbranched alkanes of at least 4 members (excludes halogenated alkanes) is 1. The Kier molecular flexibility index (Phi) is 5.66. The van der Waals surface area contributed by atoms with Gasteiger partial charge in [0.05, 0.1) is 6.61 Å². The summed E-state index contributed by atoms with van der Waals surface area (Å²) in [6.45, 7) is 6.40. The van der Waals surface area contributed by atoms with Gasteiger partial charge in [0.15, 0.2) is 0 Å². The van der Waals surface area contributed by atoms with Crippen LogP contribution < -0.4 is 0 Å². The van der Waals surface area contributed by atoms with Gasteiger partial charge in [-0.1, -0.05) is 43.7 Å². The minimum atomic E-state index is -1.17. The first kappa shape index (κ1) is 18.9. The van der Waals surface area contributed by atoms with E-state index in [1.165, 1.54) is 5.56 Å². The van der Waals surface area contributed by atoms with E-state index in [-0.39, 0.29) is 23.7 Å². The number of hydrogen-bond acceptors (Lipinski definition) is 4. The van der Waals surface area contributed by atoms with Crippen LogP contribution in [0.25, 0.3) is 0 Å². The fourth-order valence-corrected chi connectivity index (χ4v) is 4.73. The monoisotopic (exact) mass is 358 g/mol. The van der Waals surface area contributed by atoms with Gasteiger partial charge >= 0.3 is 5.97 Å². The van der Waals surface area contributed by atoms with Crippen LogP contribution in [0.1, 0.15) is 44.6 Å². The van der Waals surface area contributed by atoms with Gasteiger partial charge in [-0.2, -0.15) is 0 Å². The van der Waals surface area contributed by atoms with E-state index in [0.29, 0.717) is 13.2 Å². The van der Waals surface area contributed by atoms with Gasteiger partial charge in [0, 0.05) is 32.0 Å². The Morgan fingerprint density at radius 2 is 2.00 bits per heavy atom. The maximum absolute atomic E-state index is 13.4. The zero-order valence-corrected chi connectivity index (χ0v) is 16.1. The number of carbonyl (C=O) groups is 2. The molecule has 2 aliphatic rings. The second-order valence-corrected chi connectivity index (χ2v) is 7.43. The Hall–Kier alpha value is -1.88. The second kappa shape index (κ2) is 7.78. The highest BCUT2D eigenvalue weighted by Gasteiger charge is 2.66. The summed E-state index contributed by atoms with van der Waals surface area (Å²) in [6, 6.07) is 10.3. The Morgan fingerprint density at radius 1 is 1.27 bits per heavy atom. The fraction of sp³-hybridized carbons (Fsp3) is 0.619. The van der Waals surface area contributed by atoms with Crippen molar-refractivity contribution < 1.29 is 14.3 Å². The van der Waals surface area contributed by atoms with Gasteiger partial charge in [-0.25, -0.2) is 4.79 Å². The fourth-order valence-electron chi connectivity index (χ4n) is 4.73. The van der Waals surface area contributed by atoms with Crippen molar-refractivity contribution in [2.45, 2.75) is 44.6 Å². The van der Waals surface area contributed by atoms with Crippen LogP contribution in [0.15, 0.2) is 30.3 Å². The standard InChI is InChI=1S/C21H30N2O3/c1-4-6-13-23-15-17(16-10-8-7-9-11-16)18-12-14-22(3)19(24)21(18,23)20(25)26-5-2/h7-11,17-18H,4-6,12-15H2,1-3H3/t17-,18+,21-/m0/s1. The maximum atomic E-state index is 13.4. The van der Waals surface area contributed by atoms with Crippen LogP contribution in [0.3, 0.4) is 0 Å². The van der Waals surface area contributed by atoms with Gasteiger partial charge in [0.1, 0.15) is 0 Å². The van der Waals surface area contributed by atoms with Crippen LogP contribution in [0.2, 0.25) is 0 Å². The summed E-state index contributed by atoms with van der Waals surface area (Å²) < 4.78 is 5.47. The SMILES string of the molecule is CCCCN1C[C@@H](c2ccccc2)[C@H]2CCN(C)C(=O)[C@]21C(=O)OCC. The summed E-state index contributed by atoms with van der Waals surface area (Å²) in [5.41, 5.74) is 0.0427. The molecule has 26 heavy (non-hydrogen) atoms.